The molecule has 0 aliphatic rings. The summed E-state index contributed by atoms with van der Waals surface area (Å²) in [6.07, 6.45) is 4.29. The fraction of sp³-hybridized carbons (Fsp3) is 0.333. The fourth-order valence-corrected chi connectivity index (χ4v) is 0.204. The molecule has 0 amide bonds. The first kappa shape index (κ1) is 6.83. The van der Waals surface area contributed by atoms with Gasteiger partial charge in [-0.2, -0.15) is 0 Å². The molecule has 0 unspecified atom stereocenters. The summed E-state index contributed by atoms with van der Waals surface area (Å²) < 4.78 is 0. The quantitative estimate of drug-likeness (QED) is 0.519. The van der Waals surface area contributed by atoms with Crippen molar-refractivity contribution in [1.29, 1.82) is 0 Å². The zero-order valence-corrected chi connectivity index (χ0v) is 5.79. The van der Waals surface area contributed by atoms with E-state index >= 15 is 0 Å². The predicted octanol–water partition coefficient (Wildman–Crippen LogP) is 2.34. The maximum absolute atomic E-state index is 3.67. The van der Waals surface area contributed by atoms with Crippen molar-refractivity contribution in [2.45, 2.75) is 0 Å². The molecule has 0 saturated heterocycles. The third-order valence-corrected chi connectivity index (χ3v) is 2.58. The van der Waals surface area contributed by atoms with Gasteiger partial charge in [-0.25, -0.2) is 10.0 Å². The van der Waals surface area contributed by atoms with Crippen molar-refractivity contribution in [3.8, 4) is 0 Å². The van der Waals surface area contributed by atoms with E-state index in [1.165, 1.54) is 0 Å². The van der Waals surface area contributed by atoms with E-state index < -0.39 is 10.0 Å². The molecule has 0 radical (unpaired) electrons. The largest absolute Gasteiger partial charge is 0.208 e. The Kier molecular flexibility index (Phi) is 2.16. The molecule has 42 valence electrons. The van der Waals surface area contributed by atoms with Crippen molar-refractivity contribution in [1.82, 2.24) is 0 Å². The standard InChI is InChI=1S/C6H12S/c1-5-7(3,4)6-2/h5-6H,1-2H2,3-4H3. The molecule has 1 heteroatoms. The second kappa shape index (κ2) is 2.22. The van der Waals surface area contributed by atoms with E-state index in [1.54, 1.807) is 0 Å². The summed E-state index contributed by atoms with van der Waals surface area (Å²) >= 11 is 0. The van der Waals surface area contributed by atoms with Gasteiger partial charge in [-0.05, 0) is 12.5 Å². The zero-order chi connectivity index (χ0) is 5.91. The zero-order valence-electron chi connectivity index (χ0n) is 4.98. The molecule has 0 nitrogen and oxygen atoms in total. The maximum Gasteiger partial charge on any atom is -0.0278 e. The van der Waals surface area contributed by atoms with Gasteiger partial charge in [0, 0.05) is 0 Å². The van der Waals surface area contributed by atoms with Crippen molar-refractivity contribution in [2.24, 2.45) is 0 Å². The van der Waals surface area contributed by atoms with Gasteiger partial charge in [0.15, 0.2) is 0 Å². The summed E-state index contributed by atoms with van der Waals surface area (Å²) in [5, 5.41) is 3.92. The number of hydrogen-bond donors (Lipinski definition) is 0. The molecule has 0 saturated carbocycles. The lowest BCUT2D eigenvalue weighted by atomic mass is 11.2. The van der Waals surface area contributed by atoms with E-state index in [0.29, 0.717) is 0 Å². The molecule has 0 fully saturated rings. The molecule has 0 aliphatic heterocycles. The van der Waals surface area contributed by atoms with Gasteiger partial charge in [0.1, 0.15) is 0 Å². The summed E-state index contributed by atoms with van der Waals surface area (Å²) in [5.41, 5.74) is 0. The Hall–Kier alpha value is -0.170. The lowest BCUT2D eigenvalue weighted by Gasteiger charge is -2.19. The molecule has 0 atom stereocenters. The van der Waals surface area contributed by atoms with Crippen molar-refractivity contribution in [3.05, 3.63) is 24.0 Å². The first-order chi connectivity index (χ1) is 3.12. The highest BCUT2D eigenvalue weighted by Crippen LogP contribution is 2.41. The van der Waals surface area contributed by atoms with Gasteiger partial charge in [0.2, 0.25) is 0 Å². The highest BCUT2D eigenvalue weighted by atomic mass is 32.3. The average Bonchev–Trinajstić information content (AvgIpc) is 1.68. The van der Waals surface area contributed by atoms with Crippen LogP contribution in [0.1, 0.15) is 0 Å². The second-order valence-electron chi connectivity index (χ2n) is 1.82. The predicted molar refractivity (Wildman–Crippen MR) is 39.8 cm³/mol. The monoisotopic (exact) mass is 116 g/mol. The van der Waals surface area contributed by atoms with Crippen LogP contribution in [0.3, 0.4) is 0 Å². The smallest absolute Gasteiger partial charge is 0.0278 e. The summed E-state index contributed by atoms with van der Waals surface area (Å²) in [6, 6.07) is 0. The Morgan fingerprint density at radius 3 is 1.43 bits per heavy atom. The number of rotatable bonds is 2. The van der Waals surface area contributed by atoms with E-state index in [1.807, 2.05) is 10.8 Å². The Morgan fingerprint density at radius 1 is 1.14 bits per heavy atom. The third-order valence-electron chi connectivity index (χ3n) is 0.859. The van der Waals surface area contributed by atoms with E-state index in [-0.39, 0.29) is 0 Å². The first-order valence-electron chi connectivity index (χ1n) is 2.10. The van der Waals surface area contributed by atoms with Crippen LogP contribution in [0.15, 0.2) is 24.0 Å². The van der Waals surface area contributed by atoms with Crippen LogP contribution in [0.5, 0.6) is 0 Å². The van der Waals surface area contributed by atoms with Crippen LogP contribution in [-0.4, -0.2) is 12.5 Å². The van der Waals surface area contributed by atoms with E-state index in [4.69, 9.17) is 0 Å². The Morgan fingerprint density at radius 2 is 1.43 bits per heavy atom. The molecule has 7 heavy (non-hydrogen) atoms. The lowest BCUT2D eigenvalue weighted by Crippen LogP contribution is -1.79. The molecule has 0 aromatic heterocycles. The van der Waals surface area contributed by atoms with Crippen molar-refractivity contribution < 1.29 is 0 Å². The maximum atomic E-state index is 3.67. The molecule has 0 aliphatic carbocycles. The average molecular weight is 116 g/mol. The van der Waals surface area contributed by atoms with Crippen LogP contribution in [0.4, 0.5) is 0 Å². The molecule has 0 heterocycles. The minimum Gasteiger partial charge on any atom is -0.208 e. The van der Waals surface area contributed by atoms with Crippen LogP contribution in [0.25, 0.3) is 0 Å². The molecule has 0 rings (SSSR count). The van der Waals surface area contributed by atoms with E-state index in [2.05, 4.69) is 25.7 Å². The summed E-state index contributed by atoms with van der Waals surface area (Å²) in [5.74, 6) is 0. The summed E-state index contributed by atoms with van der Waals surface area (Å²) in [6.45, 7) is 7.34. The minimum absolute atomic E-state index is 0.630. The van der Waals surface area contributed by atoms with Crippen LogP contribution in [0.2, 0.25) is 0 Å². The van der Waals surface area contributed by atoms with Gasteiger partial charge in [-0.15, -0.1) is 0 Å². The van der Waals surface area contributed by atoms with Gasteiger partial charge in [-0.3, -0.25) is 0 Å². The Labute approximate surface area is 47.2 Å². The molecular weight excluding hydrogens is 104 g/mol. The lowest BCUT2D eigenvalue weighted by molar-refractivity contribution is 2.16. The molecule has 0 bridgehead atoms. The fourth-order valence-electron chi connectivity index (χ4n) is 0.0680. The minimum atomic E-state index is -0.630. The highest BCUT2D eigenvalue weighted by molar-refractivity contribution is 8.37. The Bertz CT molecular complexity index is 72.2. The van der Waals surface area contributed by atoms with Crippen molar-refractivity contribution >= 4 is 10.0 Å². The summed E-state index contributed by atoms with van der Waals surface area (Å²) in [7, 11) is -0.630. The van der Waals surface area contributed by atoms with Gasteiger partial charge < -0.3 is 0 Å². The van der Waals surface area contributed by atoms with Crippen LogP contribution in [-0.2, 0) is 0 Å². The molecule has 0 N–H and O–H groups in total. The SMILES string of the molecule is C=CS(C)(C)C=C. The van der Waals surface area contributed by atoms with Gasteiger partial charge in [0.25, 0.3) is 0 Å². The molecule has 0 spiro atoms. The van der Waals surface area contributed by atoms with E-state index in [9.17, 15) is 0 Å². The van der Waals surface area contributed by atoms with Gasteiger partial charge in [0.05, 0.1) is 0 Å². The second-order valence-corrected chi connectivity index (χ2v) is 5.46. The van der Waals surface area contributed by atoms with Crippen LogP contribution >= 0.6 is 10.0 Å². The van der Waals surface area contributed by atoms with Crippen molar-refractivity contribution in [3.63, 3.8) is 0 Å². The topological polar surface area (TPSA) is 0 Å². The molecule has 0 aromatic rings. The van der Waals surface area contributed by atoms with Crippen LogP contribution in [0, 0.1) is 0 Å². The third kappa shape index (κ3) is 2.52. The van der Waals surface area contributed by atoms with Gasteiger partial charge >= 0.3 is 0 Å². The highest BCUT2D eigenvalue weighted by Gasteiger charge is 1.95. The van der Waals surface area contributed by atoms with Gasteiger partial charge in [-0.1, -0.05) is 24.0 Å². The first-order valence-corrected chi connectivity index (χ1v) is 4.68. The van der Waals surface area contributed by atoms with Crippen LogP contribution < -0.4 is 0 Å². The Balaban J connectivity index is 3.82. The molecular formula is C6H12S. The summed E-state index contributed by atoms with van der Waals surface area (Å²) in [4.78, 5) is 0. The van der Waals surface area contributed by atoms with Crippen molar-refractivity contribution in [2.75, 3.05) is 12.5 Å². The normalized spacial score (nSPS) is 12.9. The molecule has 0 aromatic carbocycles. The van der Waals surface area contributed by atoms with E-state index in [0.717, 1.165) is 0 Å². The number of hydrogen-bond acceptors (Lipinski definition) is 0.